The topological polar surface area (TPSA) is 57.6 Å². The number of amides is 1. The molecule has 1 fully saturated rings. The Bertz CT molecular complexity index is 564. The van der Waals surface area contributed by atoms with Gasteiger partial charge in [0.05, 0.1) is 5.75 Å². The summed E-state index contributed by atoms with van der Waals surface area (Å²) in [7, 11) is 0. The number of aliphatic carboxylic acids is 1. The summed E-state index contributed by atoms with van der Waals surface area (Å²) in [6.45, 7) is 4.42. The number of halogens is 1. The summed E-state index contributed by atoms with van der Waals surface area (Å²) >= 11 is 4.87. The molecule has 114 valence electrons. The van der Waals surface area contributed by atoms with Crippen molar-refractivity contribution in [3.8, 4) is 0 Å². The zero-order valence-corrected chi connectivity index (χ0v) is 14.4. The predicted molar refractivity (Wildman–Crippen MR) is 86.5 cm³/mol. The van der Waals surface area contributed by atoms with E-state index in [-0.39, 0.29) is 17.6 Å². The van der Waals surface area contributed by atoms with Crippen molar-refractivity contribution >= 4 is 39.6 Å². The number of aryl methyl sites for hydroxylation is 1. The van der Waals surface area contributed by atoms with Crippen molar-refractivity contribution in [2.24, 2.45) is 5.92 Å². The summed E-state index contributed by atoms with van der Waals surface area (Å²) in [4.78, 5) is 26.1. The molecule has 4 nitrogen and oxygen atoms in total. The Labute approximate surface area is 137 Å². The van der Waals surface area contributed by atoms with Crippen LogP contribution in [0.4, 0.5) is 0 Å². The zero-order valence-electron chi connectivity index (χ0n) is 12.0. The second-order valence-electron chi connectivity index (χ2n) is 5.33. The molecule has 0 aromatic heterocycles. The van der Waals surface area contributed by atoms with E-state index in [0.29, 0.717) is 6.54 Å². The number of likely N-dealkylation sites (tertiary alicyclic amines) is 1. The summed E-state index contributed by atoms with van der Waals surface area (Å²) in [5.41, 5.74) is 1.10. The third-order valence-corrected chi connectivity index (χ3v) is 5.42. The Kier molecular flexibility index (Phi) is 5.32. The molecule has 1 N–H and O–H groups in total. The predicted octanol–water partition coefficient (Wildman–Crippen LogP) is 3.17. The summed E-state index contributed by atoms with van der Waals surface area (Å²) in [6, 6.07) is 5.24. The van der Waals surface area contributed by atoms with E-state index in [4.69, 9.17) is 0 Å². The number of carbonyl (C=O) groups excluding carboxylic acids is 1. The maximum atomic E-state index is 12.3. The Morgan fingerprint density at radius 3 is 2.81 bits per heavy atom. The van der Waals surface area contributed by atoms with E-state index < -0.39 is 12.0 Å². The fourth-order valence-electron chi connectivity index (χ4n) is 2.60. The van der Waals surface area contributed by atoms with Gasteiger partial charge in [0.15, 0.2) is 0 Å². The monoisotopic (exact) mass is 371 g/mol. The van der Waals surface area contributed by atoms with Crippen LogP contribution in [-0.4, -0.2) is 40.2 Å². The lowest BCUT2D eigenvalue weighted by Crippen LogP contribution is -2.43. The molecule has 1 heterocycles. The number of carboxylic acid groups (broad SMARTS) is 1. The van der Waals surface area contributed by atoms with Gasteiger partial charge in [0.2, 0.25) is 5.91 Å². The van der Waals surface area contributed by atoms with Crippen molar-refractivity contribution in [2.75, 3.05) is 12.3 Å². The highest BCUT2D eigenvalue weighted by molar-refractivity contribution is 9.10. The first-order valence-corrected chi connectivity index (χ1v) is 8.59. The molecule has 0 bridgehead atoms. The number of nitrogens with zero attached hydrogens (tertiary/aromatic N) is 1. The van der Waals surface area contributed by atoms with Gasteiger partial charge in [0, 0.05) is 15.9 Å². The Hall–Kier alpha value is -1.01. The lowest BCUT2D eigenvalue weighted by atomic mass is 10.0. The van der Waals surface area contributed by atoms with Gasteiger partial charge in [-0.2, -0.15) is 0 Å². The van der Waals surface area contributed by atoms with Crippen LogP contribution in [-0.2, 0) is 9.59 Å². The number of thioether (sulfide) groups is 1. The van der Waals surface area contributed by atoms with Crippen LogP contribution in [0.1, 0.15) is 18.9 Å². The van der Waals surface area contributed by atoms with Crippen molar-refractivity contribution in [2.45, 2.75) is 31.2 Å². The second-order valence-corrected chi connectivity index (χ2v) is 7.27. The van der Waals surface area contributed by atoms with Gasteiger partial charge in [-0.15, -0.1) is 11.8 Å². The van der Waals surface area contributed by atoms with Crippen LogP contribution >= 0.6 is 27.7 Å². The number of carbonyl (C=O) groups is 2. The molecule has 2 rings (SSSR count). The smallest absolute Gasteiger partial charge is 0.326 e. The largest absolute Gasteiger partial charge is 0.480 e. The number of rotatable bonds is 4. The summed E-state index contributed by atoms with van der Waals surface area (Å²) in [5.74, 6) is -0.706. The van der Waals surface area contributed by atoms with Crippen molar-refractivity contribution in [3.05, 3.63) is 28.2 Å². The van der Waals surface area contributed by atoms with Crippen molar-refractivity contribution < 1.29 is 14.7 Å². The number of benzene rings is 1. The van der Waals surface area contributed by atoms with Gasteiger partial charge in [0.25, 0.3) is 0 Å². The van der Waals surface area contributed by atoms with Gasteiger partial charge in [-0.25, -0.2) is 4.79 Å². The summed E-state index contributed by atoms with van der Waals surface area (Å²) < 4.78 is 1.01. The molecule has 2 atom stereocenters. The van der Waals surface area contributed by atoms with Gasteiger partial charge in [-0.3, -0.25) is 4.79 Å². The average molecular weight is 372 g/mol. The molecule has 1 saturated heterocycles. The van der Waals surface area contributed by atoms with Crippen LogP contribution in [0.5, 0.6) is 0 Å². The van der Waals surface area contributed by atoms with Crippen molar-refractivity contribution in [3.63, 3.8) is 0 Å². The van der Waals surface area contributed by atoms with Gasteiger partial charge in [0.1, 0.15) is 6.04 Å². The Balaban J connectivity index is 2.00. The molecule has 1 aromatic carbocycles. The Morgan fingerprint density at radius 2 is 2.19 bits per heavy atom. The zero-order chi connectivity index (χ0) is 15.6. The highest BCUT2D eigenvalue weighted by Crippen LogP contribution is 2.28. The van der Waals surface area contributed by atoms with E-state index in [1.807, 2.05) is 32.0 Å². The highest BCUT2D eigenvalue weighted by atomic mass is 79.9. The standard InChI is InChI=1S/C15H18BrNO3S/c1-9-5-6-17(14(9)15(19)20)13(18)8-21-12-4-3-11(16)7-10(12)2/h3-4,7,9,14H,5-6,8H2,1-2H3,(H,19,20). The minimum Gasteiger partial charge on any atom is -0.480 e. The SMILES string of the molecule is Cc1cc(Br)ccc1SCC(=O)N1CCC(C)C1C(=O)O. The van der Waals surface area contributed by atoms with Gasteiger partial charge < -0.3 is 10.0 Å². The van der Waals surface area contributed by atoms with Crippen molar-refractivity contribution in [1.29, 1.82) is 0 Å². The maximum absolute atomic E-state index is 12.3. The number of carboxylic acids is 1. The van der Waals surface area contributed by atoms with Crippen LogP contribution in [0.3, 0.4) is 0 Å². The molecule has 6 heteroatoms. The average Bonchev–Trinajstić information content (AvgIpc) is 2.79. The first-order valence-electron chi connectivity index (χ1n) is 6.81. The molecule has 0 saturated carbocycles. The van der Waals surface area contributed by atoms with Crippen LogP contribution in [0, 0.1) is 12.8 Å². The van der Waals surface area contributed by atoms with E-state index in [1.54, 1.807) is 0 Å². The van der Waals surface area contributed by atoms with Gasteiger partial charge in [-0.1, -0.05) is 22.9 Å². The second kappa shape index (κ2) is 6.83. The minimum absolute atomic E-state index is 0.0193. The van der Waals surface area contributed by atoms with Gasteiger partial charge >= 0.3 is 5.97 Å². The van der Waals surface area contributed by atoms with Crippen LogP contribution in [0.15, 0.2) is 27.6 Å². The maximum Gasteiger partial charge on any atom is 0.326 e. The molecule has 21 heavy (non-hydrogen) atoms. The van der Waals surface area contributed by atoms with E-state index in [9.17, 15) is 14.7 Å². The Morgan fingerprint density at radius 1 is 1.48 bits per heavy atom. The molecule has 0 spiro atoms. The van der Waals surface area contributed by atoms with E-state index >= 15 is 0 Å². The van der Waals surface area contributed by atoms with Crippen LogP contribution < -0.4 is 0 Å². The first-order chi connectivity index (χ1) is 9.90. The van der Waals surface area contributed by atoms with Gasteiger partial charge in [-0.05, 0) is 43.0 Å². The summed E-state index contributed by atoms with van der Waals surface area (Å²) in [5, 5.41) is 9.26. The molecule has 1 aromatic rings. The fraction of sp³-hybridized carbons (Fsp3) is 0.467. The molecule has 1 aliphatic rings. The van der Waals surface area contributed by atoms with Crippen molar-refractivity contribution in [1.82, 2.24) is 4.90 Å². The third kappa shape index (κ3) is 3.80. The molecular weight excluding hydrogens is 354 g/mol. The molecule has 1 aliphatic heterocycles. The molecular formula is C15H18BrNO3S. The van der Waals surface area contributed by atoms with E-state index in [2.05, 4.69) is 15.9 Å². The normalized spacial score (nSPS) is 21.6. The first kappa shape index (κ1) is 16.4. The number of hydrogen-bond donors (Lipinski definition) is 1. The highest BCUT2D eigenvalue weighted by Gasteiger charge is 2.39. The fourth-order valence-corrected chi connectivity index (χ4v) is 3.97. The minimum atomic E-state index is -0.904. The number of hydrogen-bond acceptors (Lipinski definition) is 3. The van der Waals surface area contributed by atoms with E-state index in [0.717, 1.165) is 21.4 Å². The lowest BCUT2D eigenvalue weighted by Gasteiger charge is -2.23. The third-order valence-electron chi connectivity index (χ3n) is 3.76. The molecule has 2 unspecified atom stereocenters. The molecule has 0 aliphatic carbocycles. The van der Waals surface area contributed by atoms with E-state index in [1.165, 1.54) is 16.7 Å². The molecule has 1 amide bonds. The quantitative estimate of drug-likeness (QED) is 0.825. The lowest BCUT2D eigenvalue weighted by molar-refractivity contribution is -0.148. The molecule has 0 radical (unpaired) electrons. The van der Waals surface area contributed by atoms with Crippen LogP contribution in [0.2, 0.25) is 0 Å². The summed E-state index contributed by atoms with van der Waals surface area (Å²) in [6.07, 6.45) is 0.755. The van der Waals surface area contributed by atoms with Crippen LogP contribution in [0.25, 0.3) is 0 Å².